The third-order valence-electron chi connectivity index (χ3n) is 7.50. The van der Waals surface area contributed by atoms with E-state index < -0.39 is 5.60 Å². The first kappa shape index (κ1) is 41.5. The number of nitrogens with zero attached hydrogens (tertiary/aromatic N) is 2. The summed E-state index contributed by atoms with van der Waals surface area (Å²) >= 11 is 1.47. The van der Waals surface area contributed by atoms with Crippen LogP contribution in [0, 0.1) is 0 Å². The molecule has 1 aliphatic rings. The minimum atomic E-state index is -0.542. The standard InChI is InChI=1S/C40H60N4O4S/c1-6-8-9-10-11-12-13-14-15-16-17-18-19-20-21-22-23-24-25-26-36(45)41-30-29-37(46)43-38-42-34-28-27-33(32-35(34)49-38)44(31-7-2)39(47)48-40(3,4)5/h8-9,11-12,14-15,17-18,20-21,23-24,33H,6-7,10,13,16,19,22,25-32H2,1-5H3,(H,41,45)(H,42,43,46)/t33-/m1/s1. The molecule has 0 aliphatic heterocycles. The summed E-state index contributed by atoms with van der Waals surface area (Å²) in [6, 6.07) is 0.0504. The Bertz CT molecular complexity index is 1320. The van der Waals surface area contributed by atoms with Crippen molar-refractivity contribution in [3.63, 3.8) is 0 Å². The van der Waals surface area contributed by atoms with Gasteiger partial charge in [-0.3, -0.25) is 9.59 Å². The fourth-order valence-corrected chi connectivity index (χ4v) is 6.20. The summed E-state index contributed by atoms with van der Waals surface area (Å²) < 4.78 is 5.66. The third-order valence-corrected chi connectivity index (χ3v) is 8.54. The molecule has 270 valence electrons. The molecule has 1 aromatic rings. The third kappa shape index (κ3) is 19.2. The number of hydrogen-bond acceptors (Lipinski definition) is 6. The van der Waals surface area contributed by atoms with Gasteiger partial charge >= 0.3 is 6.09 Å². The van der Waals surface area contributed by atoms with Crippen molar-refractivity contribution in [2.45, 2.75) is 130 Å². The van der Waals surface area contributed by atoms with Gasteiger partial charge in [-0.25, -0.2) is 9.78 Å². The van der Waals surface area contributed by atoms with Crippen molar-refractivity contribution >= 4 is 34.4 Å². The molecule has 0 saturated heterocycles. The molecule has 1 aliphatic carbocycles. The Morgan fingerprint density at radius 3 is 1.96 bits per heavy atom. The van der Waals surface area contributed by atoms with Crippen molar-refractivity contribution < 1.29 is 19.1 Å². The molecule has 0 unspecified atom stereocenters. The number of allylic oxidation sites excluding steroid dienone is 12. The van der Waals surface area contributed by atoms with Crippen LogP contribution in [0.15, 0.2) is 72.9 Å². The zero-order valence-electron chi connectivity index (χ0n) is 30.5. The Morgan fingerprint density at radius 2 is 1.41 bits per heavy atom. The summed E-state index contributed by atoms with van der Waals surface area (Å²) in [5.74, 6) is -0.244. The van der Waals surface area contributed by atoms with Crippen molar-refractivity contribution in [1.29, 1.82) is 0 Å². The fourth-order valence-electron chi connectivity index (χ4n) is 5.10. The lowest BCUT2D eigenvalue weighted by molar-refractivity contribution is -0.121. The van der Waals surface area contributed by atoms with E-state index in [1.165, 1.54) is 11.3 Å². The van der Waals surface area contributed by atoms with E-state index in [-0.39, 0.29) is 36.9 Å². The number of hydrogen-bond donors (Lipinski definition) is 2. The average molecular weight is 693 g/mol. The first-order chi connectivity index (χ1) is 23.6. The smallest absolute Gasteiger partial charge is 0.410 e. The lowest BCUT2D eigenvalue weighted by atomic mass is 9.96. The fraction of sp³-hybridized carbons (Fsp3) is 0.550. The molecule has 0 spiro atoms. The van der Waals surface area contributed by atoms with Gasteiger partial charge in [0.1, 0.15) is 5.60 Å². The Morgan fingerprint density at radius 1 is 0.837 bits per heavy atom. The van der Waals surface area contributed by atoms with Crippen molar-refractivity contribution in [1.82, 2.24) is 15.2 Å². The van der Waals surface area contributed by atoms with E-state index in [0.717, 1.165) is 68.4 Å². The molecule has 0 saturated carbocycles. The van der Waals surface area contributed by atoms with Crippen LogP contribution >= 0.6 is 11.3 Å². The predicted molar refractivity (Wildman–Crippen MR) is 205 cm³/mol. The second kappa shape index (κ2) is 24.4. The second-order valence-corrected chi connectivity index (χ2v) is 14.1. The van der Waals surface area contributed by atoms with Crippen LogP contribution in [0.1, 0.15) is 116 Å². The number of carbonyl (C=O) groups is 3. The number of nitrogens with one attached hydrogen (secondary N) is 2. The maximum atomic E-state index is 12.9. The number of amides is 3. The van der Waals surface area contributed by atoms with E-state index in [0.29, 0.717) is 30.9 Å². The van der Waals surface area contributed by atoms with E-state index in [2.05, 4.69) is 96.3 Å². The number of thiazole rings is 1. The van der Waals surface area contributed by atoms with Gasteiger partial charge in [-0.15, -0.1) is 11.3 Å². The average Bonchev–Trinajstić information content (AvgIpc) is 3.45. The summed E-state index contributed by atoms with van der Waals surface area (Å²) in [5, 5.41) is 6.29. The van der Waals surface area contributed by atoms with Gasteiger partial charge < -0.3 is 20.3 Å². The molecule has 0 radical (unpaired) electrons. The Kier molecular flexibility index (Phi) is 20.7. The highest BCUT2D eigenvalue weighted by molar-refractivity contribution is 7.15. The molecular weight excluding hydrogens is 633 g/mol. The maximum Gasteiger partial charge on any atom is 0.410 e. The molecular formula is C40H60N4O4S. The lowest BCUT2D eigenvalue weighted by Gasteiger charge is -2.35. The van der Waals surface area contributed by atoms with Crippen LogP contribution in [-0.2, 0) is 27.2 Å². The number of rotatable bonds is 21. The number of carbonyl (C=O) groups excluding carboxylic acids is 3. The van der Waals surface area contributed by atoms with Gasteiger partial charge in [-0.05, 0) is 85.0 Å². The molecule has 0 bridgehead atoms. The summed E-state index contributed by atoms with van der Waals surface area (Å²) in [7, 11) is 0. The molecule has 1 heterocycles. The van der Waals surface area contributed by atoms with E-state index in [4.69, 9.17) is 4.74 Å². The number of aryl methyl sites for hydroxylation is 1. The van der Waals surface area contributed by atoms with E-state index in [1.54, 1.807) is 0 Å². The zero-order chi connectivity index (χ0) is 35.7. The number of aromatic nitrogens is 1. The Balaban J connectivity index is 1.57. The van der Waals surface area contributed by atoms with Crippen molar-refractivity contribution in [2.75, 3.05) is 18.4 Å². The van der Waals surface area contributed by atoms with Crippen molar-refractivity contribution in [2.24, 2.45) is 0 Å². The minimum Gasteiger partial charge on any atom is -0.444 e. The monoisotopic (exact) mass is 692 g/mol. The SMILES string of the molecule is CCC=CCC=CCC=CCC=CCC=CCC=CCCC(=O)NCCC(=O)Nc1nc2c(s1)C[C@H](N(CCC)C(=O)OC(C)(C)C)CC2. The molecule has 0 aromatic carbocycles. The zero-order valence-corrected chi connectivity index (χ0v) is 31.4. The van der Waals surface area contributed by atoms with Gasteiger partial charge in [0, 0.05) is 43.3 Å². The topological polar surface area (TPSA) is 101 Å². The van der Waals surface area contributed by atoms with Crippen LogP contribution in [0.25, 0.3) is 0 Å². The van der Waals surface area contributed by atoms with Crippen LogP contribution in [0.4, 0.5) is 9.93 Å². The van der Waals surface area contributed by atoms with E-state index >= 15 is 0 Å². The van der Waals surface area contributed by atoms with Crippen LogP contribution in [0.3, 0.4) is 0 Å². The molecule has 1 atom stereocenters. The molecule has 1 aromatic heterocycles. The molecule has 3 amide bonds. The first-order valence-corrected chi connectivity index (χ1v) is 18.9. The van der Waals surface area contributed by atoms with Gasteiger partial charge in [0.05, 0.1) is 5.69 Å². The summed E-state index contributed by atoms with van der Waals surface area (Å²) in [4.78, 5) is 45.2. The molecule has 2 N–H and O–H groups in total. The van der Waals surface area contributed by atoms with Gasteiger partial charge in [0.2, 0.25) is 11.8 Å². The summed E-state index contributed by atoms with van der Waals surface area (Å²) in [6.07, 6.45) is 35.8. The maximum absolute atomic E-state index is 12.9. The number of fused-ring (bicyclic) bond motifs is 1. The number of ether oxygens (including phenoxy) is 1. The van der Waals surface area contributed by atoms with E-state index in [1.807, 2.05) is 31.7 Å². The largest absolute Gasteiger partial charge is 0.444 e. The van der Waals surface area contributed by atoms with Gasteiger partial charge in [0.25, 0.3) is 0 Å². The van der Waals surface area contributed by atoms with Crippen molar-refractivity contribution in [3.8, 4) is 0 Å². The highest BCUT2D eigenvalue weighted by atomic mass is 32.1. The predicted octanol–water partition coefficient (Wildman–Crippen LogP) is 9.57. The minimum absolute atomic E-state index is 0.0504. The lowest BCUT2D eigenvalue weighted by Crippen LogP contribution is -2.46. The quantitative estimate of drug-likeness (QED) is 0.125. The normalized spacial score (nSPS) is 15.3. The molecule has 8 nitrogen and oxygen atoms in total. The molecule has 49 heavy (non-hydrogen) atoms. The van der Waals surface area contributed by atoms with Gasteiger partial charge in [-0.1, -0.05) is 86.8 Å². The molecule has 9 heteroatoms. The first-order valence-electron chi connectivity index (χ1n) is 18.1. The number of anilines is 1. The molecule has 0 fully saturated rings. The van der Waals surface area contributed by atoms with Crippen LogP contribution in [0.2, 0.25) is 0 Å². The highest BCUT2D eigenvalue weighted by Crippen LogP contribution is 2.32. The van der Waals surface area contributed by atoms with Crippen LogP contribution in [-0.4, -0.2) is 52.5 Å². The van der Waals surface area contributed by atoms with Crippen LogP contribution < -0.4 is 10.6 Å². The van der Waals surface area contributed by atoms with Crippen molar-refractivity contribution in [3.05, 3.63) is 83.5 Å². The van der Waals surface area contributed by atoms with Gasteiger partial charge in [0.15, 0.2) is 5.13 Å². The Labute approximate surface area is 299 Å². The van der Waals surface area contributed by atoms with Crippen LogP contribution in [0.5, 0.6) is 0 Å². The Hall–Kier alpha value is -3.72. The molecule has 2 rings (SSSR count). The summed E-state index contributed by atoms with van der Waals surface area (Å²) in [6.45, 7) is 10.8. The highest BCUT2D eigenvalue weighted by Gasteiger charge is 2.32. The van der Waals surface area contributed by atoms with Gasteiger partial charge in [-0.2, -0.15) is 0 Å². The second-order valence-electron chi connectivity index (χ2n) is 13.1. The summed E-state index contributed by atoms with van der Waals surface area (Å²) in [5.41, 5.74) is 0.444. The van der Waals surface area contributed by atoms with E-state index in [9.17, 15) is 14.4 Å².